The number of hydrogen-bond acceptors (Lipinski definition) is 3. The fourth-order valence-corrected chi connectivity index (χ4v) is 2.09. The highest BCUT2D eigenvalue weighted by Gasteiger charge is 2.15. The lowest BCUT2D eigenvalue weighted by atomic mass is 10.2. The van der Waals surface area contributed by atoms with Crippen LogP contribution in [-0.4, -0.2) is 25.0 Å². The van der Waals surface area contributed by atoms with E-state index >= 15 is 0 Å². The predicted molar refractivity (Wildman–Crippen MR) is 80.4 cm³/mol. The SMILES string of the molecule is CCCC[C@H](Br)C(=O)Nc1ccc(OC)c(OC)c1. The molecule has 0 aliphatic carbocycles. The van der Waals surface area contributed by atoms with E-state index in [1.165, 1.54) is 0 Å². The number of rotatable bonds is 7. The average Bonchev–Trinajstić information content (AvgIpc) is 2.44. The van der Waals surface area contributed by atoms with Crippen molar-refractivity contribution in [2.24, 2.45) is 0 Å². The van der Waals surface area contributed by atoms with Crippen molar-refractivity contribution in [1.82, 2.24) is 0 Å². The Kier molecular flexibility index (Phi) is 6.70. The van der Waals surface area contributed by atoms with Crippen LogP contribution in [0.4, 0.5) is 5.69 Å². The van der Waals surface area contributed by atoms with Crippen LogP contribution >= 0.6 is 15.9 Å². The second-order valence-corrected chi connectivity index (χ2v) is 5.27. The highest BCUT2D eigenvalue weighted by atomic mass is 79.9. The summed E-state index contributed by atoms with van der Waals surface area (Å²) in [6.45, 7) is 2.10. The van der Waals surface area contributed by atoms with E-state index in [1.807, 2.05) is 0 Å². The normalized spacial score (nSPS) is 11.8. The molecule has 1 rings (SSSR count). The largest absolute Gasteiger partial charge is 0.493 e. The molecule has 1 amide bonds. The molecule has 0 unspecified atom stereocenters. The Morgan fingerprint density at radius 1 is 1.32 bits per heavy atom. The van der Waals surface area contributed by atoms with Crippen molar-refractivity contribution in [2.75, 3.05) is 19.5 Å². The van der Waals surface area contributed by atoms with Gasteiger partial charge in [-0.15, -0.1) is 0 Å². The number of ether oxygens (including phenoxy) is 2. The summed E-state index contributed by atoms with van der Waals surface area (Å²) in [5.74, 6) is 1.20. The lowest BCUT2D eigenvalue weighted by Crippen LogP contribution is -2.22. The van der Waals surface area contributed by atoms with Crippen molar-refractivity contribution in [3.8, 4) is 11.5 Å². The molecule has 5 heteroatoms. The monoisotopic (exact) mass is 329 g/mol. The minimum atomic E-state index is -0.166. The smallest absolute Gasteiger partial charge is 0.238 e. The topological polar surface area (TPSA) is 47.6 Å². The van der Waals surface area contributed by atoms with Crippen LogP contribution in [-0.2, 0) is 4.79 Å². The molecule has 4 nitrogen and oxygen atoms in total. The van der Waals surface area contributed by atoms with Crippen molar-refractivity contribution in [1.29, 1.82) is 0 Å². The van der Waals surface area contributed by atoms with Gasteiger partial charge in [0.1, 0.15) is 0 Å². The number of anilines is 1. The fraction of sp³-hybridized carbons (Fsp3) is 0.500. The van der Waals surface area contributed by atoms with Gasteiger partial charge in [-0.1, -0.05) is 35.7 Å². The Morgan fingerprint density at radius 3 is 2.58 bits per heavy atom. The summed E-state index contributed by atoms with van der Waals surface area (Å²) in [4.78, 5) is 11.8. The third kappa shape index (κ3) is 4.74. The number of methoxy groups -OCH3 is 2. The molecule has 0 fully saturated rings. The molecule has 106 valence electrons. The standard InChI is InChI=1S/C14H20BrNO3/c1-4-5-6-11(15)14(17)16-10-7-8-12(18-2)13(9-10)19-3/h7-9,11H,4-6H2,1-3H3,(H,16,17)/t11-/m0/s1. The van der Waals surface area contributed by atoms with E-state index in [4.69, 9.17) is 9.47 Å². The molecule has 0 bridgehead atoms. The van der Waals surface area contributed by atoms with E-state index in [9.17, 15) is 4.79 Å². The van der Waals surface area contributed by atoms with Gasteiger partial charge < -0.3 is 14.8 Å². The van der Waals surface area contributed by atoms with Crippen LogP contribution < -0.4 is 14.8 Å². The van der Waals surface area contributed by atoms with Gasteiger partial charge in [0, 0.05) is 11.8 Å². The Bertz CT molecular complexity index is 423. The zero-order chi connectivity index (χ0) is 14.3. The summed E-state index contributed by atoms with van der Waals surface area (Å²) in [5, 5.41) is 2.86. The summed E-state index contributed by atoms with van der Waals surface area (Å²) in [6, 6.07) is 5.30. The quantitative estimate of drug-likeness (QED) is 0.777. The molecule has 19 heavy (non-hydrogen) atoms. The first-order valence-electron chi connectivity index (χ1n) is 6.29. The first-order valence-corrected chi connectivity index (χ1v) is 7.20. The molecule has 1 aromatic carbocycles. The number of hydrogen-bond donors (Lipinski definition) is 1. The third-order valence-electron chi connectivity index (χ3n) is 2.75. The molecule has 0 spiro atoms. The van der Waals surface area contributed by atoms with E-state index in [0.717, 1.165) is 19.3 Å². The van der Waals surface area contributed by atoms with E-state index in [2.05, 4.69) is 28.2 Å². The zero-order valence-electron chi connectivity index (χ0n) is 11.5. The van der Waals surface area contributed by atoms with Crippen molar-refractivity contribution in [2.45, 2.75) is 31.0 Å². The summed E-state index contributed by atoms with van der Waals surface area (Å²) in [7, 11) is 3.15. The molecule has 0 saturated heterocycles. The number of nitrogens with one attached hydrogen (secondary N) is 1. The molecular weight excluding hydrogens is 310 g/mol. The Morgan fingerprint density at radius 2 is 2.00 bits per heavy atom. The molecule has 0 heterocycles. The van der Waals surface area contributed by atoms with Crippen molar-refractivity contribution in [3.05, 3.63) is 18.2 Å². The average molecular weight is 330 g/mol. The lowest BCUT2D eigenvalue weighted by molar-refractivity contribution is -0.115. The minimum absolute atomic E-state index is 0.0410. The van der Waals surface area contributed by atoms with Gasteiger partial charge in [-0.3, -0.25) is 4.79 Å². The van der Waals surface area contributed by atoms with Crippen LogP contribution in [0, 0.1) is 0 Å². The summed E-state index contributed by atoms with van der Waals surface area (Å²) in [5.41, 5.74) is 0.698. The van der Waals surface area contributed by atoms with Crippen molar-refractivity contribution in [3.63, 3.8) is 0 Å². The van der Waals surface area contributed by atoms with Crippen LogP contribution in [0.5, 0.6) is 11.5 Å². The number of carbonyl (C=O) groups excluding carboxylic acids is 1. The van der Waals surface area contributed by atoms with Gasteiger partial charge in [0.25, 0.3) is 0 Å². The predicted octanol–water partition coefficient (Wildman–Crippen LogP) is 3.60. The molecule has 1 aromatic rings. The number of unbranched alkanes of at least 4 members (excludes halogenated alkanes) is 1. The number of amides is 1. The minimum Gasteiger partial charge on any atom is -0.493 e. The maximum atomic E-state index is 11.9. The maximum Gasteiger partial charge on any atom is 0.238 e. The first kappa shape index (κ1) is 15.8. The van der Waals surface area contributed by atoms with E-state index < -0.39 is 0 Å². The molecular formula is C14H20BrNO3. The van der Waals surface area contributed by atoms with Gasteiger partial charge in [-0.2, -0.15) is 0 Å². The highest BCUT2D eigenvalue weighted by Crippen LogP contribution is 2.30. The summed E-state index contributed by atoms with van der Waals surface area (Å²) in [6.07, 6.45) is 2.93. The molecule has 0 saturated carbocycles. The molecule has 1 atom stereocenters. The van der Waals surface area contributed by atoms with Gasteiger partial charge in [-0.05, 0) is 18.6 Å². The molecule has 1 N–H and O–H groups in total. The second kappa shape index (κ2) is 8.04. The van der Waals surface area contributed by atoms with Crippen molar-refractivity contribution < 1.29 is 14.3 Å². The number of alkyl halides is 1. The number of carbonyl (C=O) groups is 1. The number of halogens is 1. The van der Waals surface area contributed by atoms with Gasteiger partial charge in [0.2, 0.25) is 5.91 Å². The fourth-order valence-electron chi connectivity index (χ4n) is 1.65. The van der Waals surface area contributed by atoms with E-state index in [0.29, 0.717) is 17.2 Å². The number of benzene rings is 1. The second-order valence-electron chi connectivity index (χ2n) is 4.17. The van der Waals surface area contributed by atoms with Gasteiger partial charge in [0.05, 0.1) is 19.0 Å². The highest BCUT2D eigenvalue weighted by molar-refractivity contribution is 9.10. The molecule has 0 radical (unpaired) electrons. The van der Waals surface area contributed by atoms with Gasteiger partial charge in [-0.25, -0.2) is 0 Å². The van der Waals surface area contributed by atoms with E-state index in [-0.39, 0.29) is 10.7 Å². The summed E-state index contributed by atoms with van der Waals surface area (Å²) >= 11 is 3.40. The lowest BCUT2D eigenvalue weighted by Gasteiger charge is -2.13. The third-order valence-corrected chi connectivity index (χ3v) is 3.62. The molecule has 0 aromatic heterocycles. The summed E-state index contributed by atoms with van der Waals surface area (Å²) < 4.78 is 10.3. The van der Waals surface area contributed by atoms with Crippen LogP contribution in [0.15, 0.2) is 18.2 Å². The van der Waals surface area contributed by atoms with Crippen LogP contribution in [0.3, 0.4) is 0 Å². The van der Waals surface area contributed by atoms with Gasteiger partial charge >= 0.3 is 0 Å². The maximum absolute atomic E-state index is 11.9. The van der Waals surface area contributed by atoms with Crippen LogP contribution in [0.1, 0.15) is 26.2 Å². The zero-order valence-corrected chi connectivity index (χ0v) is 13.1. The van der Waals surface area contributed by atoms with Gasteiger partial charge in [0.15, 0.2) is 11.5 Å². The Hall–Kier alpha value is -1.23. The van der Waals surface area contributed by atoms with E-state index in [1.54, 1.807) is 32.4 Å². The first-order chi connectivity index (χ1) is 9.12. The van der Waals surface area contributed by atoms with Crippen LogP contribution in [0.25, 0.3) is 0 Å². The van der Waals surface area contributed by atoms with Crippen molar-refractivity contribution >= 4 is 27.5 Å². The molecule has 0 aliphatic rings. The Balaban J connectivity index is 2.69. The molecule has 0 aliphatic heterocycles. The van der Waals surface area contributed by atoms with Crippen LogP contribution in [0.2, 0.25) is 0 Å². The Labute approximate surface area is 122 Å².